The second kappa shape index (κ2) is 2.67. The number of hydrogen-bond acceptors (Lipinski definition) is 2. The van der Waals surface area contributed by atoms with E-state index < -0.39 is 0 Å². The molecular formula is C11H10N2O. The van der Waals surface area contributed by atoms with Crippen molar-refractivity contribution in [3.63, 3.8) is 0 Å². The van der Waals surface area contributed by atoms with Gasteiger partial charge in [0.1, 0.15) is 6.29 Å². The summed E-state index contributed by atoms with van der Waals surface area (Å²) in [5.74, 6) is 0. The van der Waals surface area contributed by atoms with Gasteiger partial charge < -0.3 is 0 Å². The highest BCUT2D eigenvalue weighted by Crippen LogP contribution is 2.36. The van der Waals surface area contributed by atoms with Gasteiger partial charge in [-0.2, -0.15) is 5.10 Å². The largest absolute Gasteiger partial charge is 0.298 e. The third kappa shape index (κ3) is 1.05. The number of nitrogens with zero attached hydrogens (tertiary/aromatic N) is 2. The summed E-state index contributed by atoms with van der Waals surface area (Å²) in [6.07, 6.45) is 5.16. The van der Waals surface area contributed by atoms with Crippen molar-refractivity contribution in [2.75, 3.05) is 0 Å². The molecule has 1 aromatic heterocycles. The van der Waals surface area contributed by atoms with E-state index in [-0.39, 0.29) is 0 Å². The molecule has 1 aliphatic rings. The minimum atomic E-state index is 0.564. The van der Waals surface area contributed by atoms with Gasteiger partial charge in [0, 0.05) is 10.9 Å². The van der Waals surface area contributed by atoms with Crippen molar-refractivity contribution in [1.29, 1.82) is 0 Å². The summed E-state index contributed by atoms with van der Waals surface area (Å²) in [6.45, 7) is 0. The first-order chi connectivity index (χ1) is 6.88. The molecule has 1 aliphatic carbocycles. The van der Waals surface area contributed by atoms with Crippen LogP contribution in [0.4, 0.5) is 0 Å². The summed E-state index contributed by atoms with van der Waals surface area (Å²) in [5.41, 5.74) is 1.80. The number of carbonyl (C=O) groups excluding carboxylic acids is 1. The van der Waals surface area contributed by atoms with Gasteiger partial charge >= 0.3 is 0 Å². The van der Waals surface area contributed by atoms with E-state index in [9.17, 15) is 4.79 Å². The van der Waals surface area contributed by atoms with Crippen molar-refractivity contribution >= 4 is 17.2 Å². The maximum absolute atomic E-state index is 10.6. The summed E-state index contributed by atoms with van der Waals surface area (Å²) in [5, 5.41) is 5.45. The molecule has 0 radical (unpaired) electrons. The van der Waals surface area contributed by atoms with Gasteiger partial charge in [-0.05, 0) is 18.9 Å². The maximum atomic E-state index is 10.6. The number of aldehydes is 1. The predicted molar refractivity (Wildman–Crippen MR) is 53.4 cm³/mol. The van der Waals surface area contributed by atoms with Gasteiger partial charge in [-0.3, -0.25) is 9.48 Å². The molecule has 3 rings (SSSR count). The van der Waals surface area contributed by atoms with Crippen LogP contribution in [-0.2, 0) is 0 Å². The summed E-state index contributed by atoms with van der Waals surface area (Å²) in [6, 6.07) is 6.25. The van der Waals surface area contributed by atoms with E-state index in [2.05, 4.69) is 5.10 Å². The third-order valence-electron chi connectivity index (χ3n) is 2.65. The van der Waals surface area contributed by atoms with E-state index in [1.54, 1.807) is 0 Å². The van der Waals surface area contributed by atoms with Crippen LogP contribution in [-0.4, -0.2) is 16.1 Å². The van der Waals surface area contributed by atoms with Crippen LogP contribution in [0.3, 0.4) is 0 Å². The van der Waals surface area contributed by atoms with Crippen molar-refractivity contribution in [2.24, 2.45) is 0 Å². The molecule has 0 N–H and O–H groups in total. The molecule has 1 saturated carbocycles. The lowest BCUT2D eigenvalue weighted by atomic mass is 10.2. The smallest absolute Gasteiger partial charge is 0.150 e. The fourth-order valence-corrected chi connectivity index (χ4v) is 1.74. The quantitative estimate of drug-likeness (QED) is 0.674. The Labute approximate surface area is 81.3 Å². The zero-order valence-corrected chi connectivity index (χ0v) is 7.68. The van der Waals surface area contributed by atoms with Gasteiger partial charge in [0.25, 0.3) is 0 Å². The minimum absolute atomic E-state index is 0.564. The normalized spacial score (nSPS) is 16.0. The van der Waals surface area contributed by atoms with E-state index in [0.29, 0.717) is 6.04 Å². The Balaban J connectivity index is 2.25. The Hall–Kier alpha value is -1.64. The zero-order chi connectivity index (χ0) is 9.54. The molecular weight excluding hydrogens is 176 g/mol. The minimum Gasteiger partial charge on any atom is -0.298 e. The Morgan fingerprint density at radius 2 is 2.29 bits per heavy atom. The summed E-state index contributed by atoms with van der Waals surface area (Å²) in [4.78, 5) is 10.6. The lowest BCUT2D eigenvalue weighted by molar-refractivity contribution is 0.112. The monoisotopic (exact) mass is 186 g/mol. The van der Waals surface area contributed by atoms with E-state index in [1.807, 2.05) is 29.1 Å². The standard InChI is InChI=1S/C11H10N2O/c14-7-8-1-2-9-6-12-13(10-3-4-10)11(9)5-8/h1-2,5-7,10H,3-4H2. The molecule has 1 aromatic carbocycles. The molecule has 0 aliphatic heterocycles. The summed E-state index contributed by atoms with van der Waals surface area (Å²) < 4.78 is 2.03. The fraction of sp³-hybridized carbons (Fsp3) is 0.273. The topological polar surface area (TPSA) is 34.9 Å². The number of aromatic nitrogens is 2. The molecule has 0 unspecified atom stereocenters. The van der Waals surface area contributed by atoms with Crippen molar-refractivity contribution in [3.8, 4) is 0 Å². The van der Waals surface area contributed by atoms with Crippen LogP contribution in [0.25, 0.3) is 10.9 Å². The second-order valence-electron chi connectivity index (χ2n) is 3.76. The van der Waals surface area contributed by atoms with Crippen molar-refractivity contribution < 1.29 is 4.79 Å². The van der Waals surface area contributed by atoms with E-state index >= 15 is 0 Å². The number of carbonyl (C=O) groups is 1. The second-order valence-corrected chi connectivity index (χ2v) is 3.76. The highest BCUT2D eigenvalue weighted by Gasteiger charge is 2.25. The average molecular weight is 186 g/mol. The van der Waals surface area contributed by atoms with Crippen LogP contribution < -0.4 is 0 Å². The van der Waals surface area contributed by atoms with Crippen LogP contribution in [0.2, 0.25) is 0 Å². The Morgan fingerprint density at radius 3 is 3.00 bits per heavy atom. The first-order valence-electron chi connectivity index (χ1n) is 4.81. The van der Waals surface area contributed by atoms with Crippen LogP contribution in [0.5, 0.6) is 0 Å². The van der Waals surface area contributed by atoms with Gasteiger partial charge in [0.2, 0.25) is 0 Å². The molecule has 0 atom stereocenters. The van der Waals surface area contributed by atoms with Gasteiger partial charge in [-0.25, -0.2) is 0 Å². The van der Waals surface area contributed by atoms with Gasteiger partial charge in [-0.15, -0.1) is 0 Å². The first-order valence-corrected chi connectivity index (χ1v) is 4.81. The number of hydrogen-bond donors (Lipinski definition) is 0. The average Bonchev–Trinajstić information content (AvgIpc) is 2.98. The molecule has 0 saturated heterocycles. The highest BCUT2D eigenvalue weighted by atomic mass is 16.1. The Kier molecular flexibility index (Phi) is 1.48. The molecule has 0 amide bonds. The van der Waals surface area contributed by atoms with Gasteiger partial charge in [-0.1, -0.05) is 12.1 Å². The van der Waals surface area contributed by atoms with E-state index in [0.717, 1.165) is 22.8 Å². The Morgan fingerprint density at radius 1 is 1.43 bits per heavy atom. The number of fused-ring (bicyclic) bond motifs is 1. The molecule has 0 bridgehead atoms. The Bertz CT molecular complexity index is 497. The SMILES string of the molecule is O=Cc1ccc2cnn(C3CC3)c2c1. The molecule has 1 fully saturated rings. The van der Waals surface area contributed by atoms with Crippen molar-refractivity contribution in [1.82, 2.24) is 9.78 Å². The molecule has 2 aromatic rings. The van der Waals surface area contributed by atoms with Crippen LogP contribution >= 0.6 is 0 Å². The van der Waals surface area contributed by atoms with Crippen molar-refractivity contribution in [2.45, 2.75) is 18.9 Å². The summed E-state index contributed by atoms with van der Waals surface area (Å²) >= 11 is 0. The molecule has 14 heavy (non-hydrogen) atoms. The predicted octanol–water partition coefficient (Wildman–Crippen LogP) is 2.18. The molecule has 3 heteroatoms. The number of rotatable bonds is 2. The molecule has 0 spiro atoms. The van der Waals surface area contributed by atoms with E-state index in [4.69, 9.17) is 0 Å². The third-order valence-corrected chi connectivity index (χ3v) is 2.65. The lowest BCUT2D eigenvalue weighted by Crippen LogP contribution is -1.95. The zero-order valence-electron chi connectivity index (χ0n) is 7.68. The van der Waals surface area contributed by atoms with E-state index in [1.165, 1.54) is 12.8 Å². The van der Waals surface area contributed by atoms with Gasteiger partial charge in [0.15, 0.2) is 0 Å². The van der Waals surface area contributed by atoms with Gasteiger partial charge in [0.05, 0.1) is 17.8 Å². The van der Waals surface area contributed by atoms with Crippen LogP contribution in [0.1, 0.15) is 29.2 Å². The first kappa shape index (κ1) is 7.74. The molecule has 70 valence electrons. The molecule has 1 heterocycles. The number of benzene rings is 1. The van der Waals surface area contributed by atoms with Crippen LogP contribution in [0.15, 0.2) is 24.4 Å². The van der Waals surface area contributed by atoms with Crippen molar-refractivity contribution in [3.05, 3.63) is 30.0 Å². The molecule has 3 nitrogen and oxygen atoms in total. The maximum Gasteiger partial charge on any atom is 0.150 e. The summed E-state index contributed by atoms with van der Waals surface area (Å²) in [7, 11) is 0. The lowest BCUT2D eigenvalue weighted by Gasteiger charge is -1.99. The highest BCUT2D eigenvalue weighted by molar-refractivity contribution is 5.86. The fourth-order valence-electron chi connectivity index (χ4n) is 1.74. The van der Waals surface area contributed by atoms with Crippen LogP contribution in [0, 0.1) is 0 Å².